The number of H-pyrrole nitrogens is 1. The number of non-ortho nitro benzene ring substituents is 1. The van der Waals surface area contributed by atoms with Gasteiger partial charge in [-0.15, -0.1) is 5.10 Å². The molecule has 2 aromatic carbocycles. The third kappa shape index (κ3) is 3.20. The van der Waals surface area contributed by atoms with Gasteiger partial charge in [-0.05, 0) is 36.8 Å². The number of rotatable bonds is 5. The Labute approximate surface area is 171 Å². The lowest BCUT2D eigenvalue weighted by Crippen LogP contribution is -2.21. The molecule has 0 radical (unpaired) electrons. The molecule has 150 valence electrons. The fraction of sp³-hybridized carbons (Fsp3) is 0.143. The van der Waals surface area contributed by atoms with Crippen molar-refractivity contribution < 1.29 is 14.4 Å². The largest absolute Gasteiger partial charge is 0.494 e. The number of allylic oxidation sites excluding steroid dienone is 1. The molecule has 3 N–H and O–H groups in total. The van der Waals surface area contributed by atoms with Gasteiger partial charge in [0.2, 0.25) is 11.8 Å². The number of hydrogen-bond donors (Lipinski definition) is 2. The van der Waals surface area contributed by atoms with Crippen molar-refractivity contribution in [3.05, 3.63) is 81.2 Å². The number of aromatic amines is 1. The van der Waals surface area contributed by atoms with Gasteiger partial charge in [0.05, 0.1) is 28.7 Å². The molecule has 0 fully saturated rings. The molecular weight excluding hydrogens is 386 g/mol. The SMILES string of the molecule is CCOc1ccc(-c2[nH]nc3c2[C@@H](c2ccc([N+](=O)[O-])cc2)C(C#N)=C(N)O3)cc1. The predicted octanol–water partition coefficient (Wildman–Crippen LogP) is 3.60. The average Bonchev–Trinajstić information content (AvgIpc) is 3.17. The summed E-state index contributed by atoms with van der Waals surface area (Å²) in [5.41, 5.74) is 8.93. The van der Waals surface area contributed by atoms with Crippen molar-refractivity contribution in [2.75, 3.05) is 6.61 Å². The first kappa shape index (κ1) is 19.0. The molecule has 9 heteroatoms. The Morgan fingerprint density at radius 2 is 1.97 bits per heavy atom. The summed E-state index contributed by atoms with van der Waals surface area (Å²) in [6, 6.07) is 15.5. The third-order valence-corrected chi connectivity index (χ3v) is 4.83. The van der Waals surface area contributed by atoms with Gasteiger partial charge in [0, 0.05) is 17.7 Å². The molecule has 0 saturated carbocycles. The lowest BCUT2D eigenvalue weighted by atomic mass is 9.83. The van der Waals surface area contributed by atoms with Gasteiger partial charge in [-0.3, -0.25) is 15.2 Å². The Morgan fingerprint density at radius 3 is 2.57 bits per heavy atom. The van der Waals surface area contributed by atoms with E-state index in [1.807, 2.05) is 31.2 Å². The van der Waals surface area contributed by atoms with E-state index in [1.54, 1.807) is 12.1 Å². The fourth-order valence-electron chi connectivity index (χ4n) is 3.47. The number of fused-ring (bicyclic) bond motifs is 1. The summed E-state index contributed by atoms with van der Waals surface area (Å²) in [4.78, 5) is 10.5. The summed E-state index contributed by atoms with van der Waals surface area (Å²) >= 11 is 0. The standard InChI is InChI=1S/C21H17N5O4/c1-2-29-15-9-5-13(6-10-15)19-18-17(12-3-7-14(8-4-12)26(27)28)16(11-22)20(23)30-21(18)25-24-19/h3-10,17H,2,23H2,1H3,(H,24,25)/t17-/m0/s1. The van der Waals surface area contributed by atoms with Crippen LogP contribution in [0.1, 0.15) is 24.0 Å². The second kappa shape index (κ2) is 7.60. The zero-order chi connectivity index (χ0) is 21.3. The highest BCUT2D eigenvalue weighted by molar-refractivity contribution is 5.71. The number of nitro benzene ring substituents is 1. The van der Waals surface area contributed by atoms with Crippen molar-refractivity contribution in [2.24, 2.45) is 5.73 Å². The van der Waals surface area contributed by atoms with E-state index in [-0.39, 0.29) is 23.0 Å². The van der Waals surface area contributed by atoms with Crippen LogP contribution in [0.2, 0.25) is 0 Å². The topological polar surface area (TPSA) is 140 Å². The Bertz CT molecular complexity index is 1170. The fourth-order valence-corrected chi connectivity index (χ4v) is 3.47. The van der Waals surface area contributed by atoms with Gasteiger partial charge < -0.3 is 15.2 Å². The Morgan fingerprint density at radius 1 is 1.27 bits per heavy atom. The molecule has 0 amide bonds. The summed E-state index contributed by atoms with van der Waals surface area (Å²) in [6.07, 6.45) is 0. The van der Waals surface area contributed by atoms with Crippen LogP contribution in [0.15, 0.2) is 60.0 Å². The maximum absolute atomic E-state index is 11.0. The quantitative estimate of drug-likeness (QED) is 0.490. The highest BCUT2D eigenvalue weighted by Crippen LogP contribution is 2.45. The maximum Gasteiger partial charge on any atom is 0.269 e. The van der Waals surface area contributed by atoms with E-state index >= 15 is 0 Å². The molecular formula is C21H17N5O4. The highest BCUT2D eigenvalue weighted by atomic mass is 16.6. The van der Waals surface area contributed by atoms with Crippen LogP contribution in [0.25, 0.3) is 11.3 Å². The number of nitrogens with zero attached hydrogens (tertiary/aromatic N) is 3. The van der Waals surface area contributed by atoms with Gasteiger partial charge in [0.1, 0.15) is 17.4 Å². The summed E-state index contributed by atoms with van der Waals surface area (Å²) in [6.45, 7) is 2.47. The third-order valence-electron chi connectivity index (χ3n) is 4.83. The van der Waals surface area contributed by atoms with Gasteiger partial charge in [0.25, 0.3) is 5.69 Å². The summed E-state index contributed by atoms with van der Waals surface area (Å²) < 4.78 is 11.1. The molecule has 0 saturated heterocycles. The molecule has 1 aliphatic rings. The molecule has 0 bridgehead atoms. The minimum atomic E-state index is -0.583. The molecule has 0 aliphatic carbocycles. The Kier molecular flexibility index (Phi) is 4.82. The van der Waals surface area contributed by atoms with Crippen molar-refractivity contribution in [1.29, 1.82) is 5.26 Å². The van der Waals surface area contributed by atoms with Gasteiger partial charge >= 0.3 is 0 Å². The number of nitriles is 1. The number of ether oxygens (including phenoxy) is 2. The highest BCUT2D eigenvalue weighted by Gasteiger charge is 2.35. The Balaban J connectivity index is 1.84. The molecule has 2 heterocycles. The van der Waals surface area contributed by atoms with E-state index < -0.39 is 10.8 Å². The molecule has 0 unspecified atom stereocenters. The summed E-state index contributed by atoms with van der Waals surface area (Å²) in [5, 5.41) is 27.9. The van der Waals surface area contributed by atoms with Crippen LogP contribution >= 0.6 is 0 Å². The van der Waals surface area contributed by atoms with Crippen LogP contribution in [0, 0.1) is 21.4 Å². The number of aromatic nitrogens is 2. The molecule has 9 nitrogen and oxygen atoms in total. The normalized spacial score (nSPS) is 15.1. The molecule has 0 spiro atoms. The van der Waals surface area contributed by atoms with Gasteiger partial charge in [-0.2, -0.15) is 5.26 Å². The summed E-state index contributed by atoms with van der Waals surface area (Å²) in [7, 11) is 0. The van der Waals surface area contributed by atoms with Crippen molar-refractivity contribution in [2.45, 2.75) is 12.8 Å². The van der Waals surface area contributed by atoms with Crippen LogP contribution in [0.4, 0.5) is 5.69 Å². The van der Waals surface area contributed by atoms with E-state index in [4.69, 9.17) is 15.2 Å². The van der Waals surface area contributed by atoms with Crippen molar-refractivity contribution in [3.63, 3.8) is 0 Å². The molecule has 4 rings (SSSR count). The zero-order valence-corrected chi connectivity index (χ0v) is 16.0. The van der Waals surface area contributed by atoms with Crippen LogP contribution < -0.4 is 15.2 Å². The van der Waals surface area contributed by atoms with Crippen LogP contribution in [0.3, 0.4) is 0 Å². The lowest BCUT2D eigenvalue weighted by Gasteiger charge is -2.24. The van der Waals surface area contributed by atoms with E-state index in [9.17, 15) is 15.4 Å². The number of hydrogen-bond acceptors (Lipinski definition) is 7. The second-order valence-corrected chi connectivity index (χ2v) is 6.55. The van der Waals surface area contributed by atoms with Crippen molar-refractivity contribution >= 4 is 5.69 Å². The van der Waals surface area contributed by atoms with Crippen molar-refractivity contribution in [1.82, 2.24) is 10.2 Å². The number of nitro groups is 1. The van der Waals surface area contributed by atoms with Gasteiger partial charge in [-0.1, -0.05) is 12.1 Å². The molecule has 1 aromatic heterocycles. The van der Waals surface area contributed by atoms with E-state index in [2.05, 4.69) is 16.3 Å². The van der Waals surface area contributed by atoms with Crippen LogP contribution in [-0.2, 0) is 0 Å². The minimum absolute atomic E-state index is 0.0413. The molecule has 30 heavy (non-hydrogen) atoms. The Hall–Kier alpha value is -4.32. The average molecular weight is 403 g/mol. The van der Waals surface area contributed by atoms with Crippen LogP contribution in [0.5, 0.6) is 11.6 Å². The van der Waals surface area contributed by atoms with E-state index in [1.165, 1.54) is 12.1 Å². The zero-order valence-electron chi connectivity index (χ0n) is 16.0. The number of nitrogens with one attached hydrogen (secondary N) is 1. The number of benzene rings is 2. The molecule has 3 aromatic rings. The lowest BCUT2D eigenvalue weighted by molar-refractivity contribution is -0.384. The van der Waals surface area contributed by atoms with E-state index in [0.29, 0.717) is 23.4 Å². The minimum Gasteiger partial charge on any atom is -0.494 e. The second-order valence-electron chi connectivity index (χ2n) is 6.55. The maximum atomic E-state index is 11.0. The first-order valence-corrected chi connectivity index (χ1v) is 9.17. The molecule has 1 atom stereocenters. The monoisotopic (exact) mass is 403 g/mol. The summed E-state index contributed by atoms with van der Waals surface area (Å²) in [5.74, 6) is 0.372. The van der Waals surface area contributed by atoms with Gasteiger partial charge in [-0.25, -0.2) is 0 Å². The first-order valence-electron chi connectivity index (χ1n) is 9.17. The van der Waals surface area contributed by atoms with E-state index in [0.717, 1.165) is 11.3 Å². The number of nitrogens with two attached hydrogens (primary N) is 1. The molecule has 1 aliphatic heterocycles. The van der Waals surface area contributed by atoms with Gasteiger partial charge in [0.15, 0.2) is 0 Å². The van der Waals surface area contributed by atoms with Crippen LogP contribution in [-0.4, -0.2) is 21.7 Å². The predicted molar refractivity (Wildman–Crippen MR) is 108 cm³/mol. The first-order chi connectivity index (χ1) is 14.5. The smallest absolute Gasteiger partial charge is 0.269 e. The van der Waals surface area contributed by atoms with Crippen molar-refractivity contribution in [3.8, 4) is 29.0 Å².